The Hall–Kier alpha value is -2.05. The summed E-state index contributed by atoms with van der Waals surface area (Å²) in [5, 5.41) is 9.92. The van der Waals surface area contributed by atoms with Crippen LogP contribution in [0.3, 0.4) is 0 Å². The van der Waals surface area contributed by atoms with E-state index in [4.69, 9.17) is 18.9 Å². The molecule has 1 heterocycles. The number of hydrogen-bond donors (Lipinski definition) is 1. The zero-order valence-corrected chi connectivity index (χ0v) is 14.0. The molecule has 1 aliphatic carbocycles. The first-order valence-corrected chi connectivity index (χ1v) is 7.92. The number of allylic oxidation sites excluding steroid dienone is 1. The molecule has 2 aliphatic rings. The predicted molar refractivity (Wildman–Crippen MR) is 86.9 cm³/mol. The van der Waals surface area contributed by atoms with Crippen LogP contribution in [0.2, 0.25) is 0 Å². The second-order valence-corrected chi connectivity index (χ2v) is 6.07. The Morgan fingerprint density at radius 1 is 1.12 bits per heavy atom. The lowest BCUT2D eigenvalue weighted by Crippen LogP contribution is -2.49. The molecule has 0 bridgehead atoms. The highest BCUT2D eigenvalue weighted by Gasteiger charge is 2.46. The van der Waals surface area contributed by atoms with E-state index >= 15 is 0 Å². The van der Waals surface area contributed by atoms with Crippen LogP contribution in [-0.4, -0.2) is 50.5 Å². The third-order valence-corrected chi connectivity index (χ3v) is 4.74. The number of aliphatic hydroxyl groups is 1. The fourth-order valence-corrected chi connectivity index (χ4v) is 3.49. The maximum Gasteiger partial charge on any atom is 0.175 e. The molecule has 0 amide bonds. The molecule has 0 aromatic heterocycles. The van der Waals surface area contributed by atoms with Crippen molar-refractivity contribution in [3.05, 3.63) is 30.0 Å². The molecular weight excluding hydrogens is 312 g/mol. The molecule has 1 N–H and O–H groups in total. The van der Waals surface area contributed by atoms with Crippen molar-refractivity contribution >= 4 is 11.4 Å². The molecular formula is C18H22O6. The van der Waals surface area contributed by atoms with E-state index in [-0.39, 0.29) is 18.0 Å². The van der Waals surface area contributed by atoms with Crippen LogP contribution in [0.25, 0.3) is 5.57 Å². The smallest absolute Gasteiger partial charge is 0.175 e. The van der Waals surface area contributed by atoms with Crippen molar-refractivity contribution in [1.82, 2.24) is 0 Å². The van der Waals surface area contributed by atoms with Crippen molar-refractivity contribution < 1.29 is 28.8 Å². The summed E-state index contributed by atoms with van der Waals surface area (Å²) in [6.07, 6.45) is 1.14. The minimum Gasteiger partial charge on any atom is -0.496 e. The van der Waals surface area contributed by atoms with E-state index in [9.17, 15) is 9.90 Å². The number of carbonyl (C=O) groups excluding carboxylic acids is 1. The number of fused-ring (bicyclic) bond motifs is 1. The van der Waals surface area contributed by atoms with E-state index in [1.54, 1.807) is 39.5 Å². The Kier molecular flexibility index (Phi) is 4.78. The van der Waals surface area contributed by atoms with Crippen LogP contribution in [0.4, 0.5) is 0 Å². The Morgan fingerprint density at radius 2 is 1.88 bits per heavy atom. The topological polar surface area (TPSA) is 74.2 Å². The van der Waals surface area contributed by atoms with Gasteiger partial charge in [-0.2, -0.15) is 0 Å². The molecule has 0 spiro atoms. The van der Waals surface area contributed by atoms with Gasteiger partial charge in [0, 0.05) is 20.0 Å². The minimum absolute atomic E-state index is 0.0304. The van der Waals surface area contributed by atoms with Gasteiger partial charge < -0.3 is 24.1 Å². The maximum atomic E-state index is 13.0. The fourth-order valence-electron chi connectivity index (χ4n) is 3.49. The zero-order chi connectivity index (χ0) is 17.3. The first-order chi connectivity index (χ1) is 11.6. The summed E-state index contributed by atoms with van der Waals surface area (Å²) in [5.74, 6) is 0.705. The van der Waals surface area contributed by atoms with E-state index in [1.807, 2.05) is 0 Å². The average Bonchev–Trinajstić information content (AvgIpc) is 2.60. The summed E-state index contributed by atoms with van der Waals surface area (Å²) in [5.41, 5.74) is 1.19. The van der Waals surface area contributed by atoms with Crippen LogP contribution in [0.1, 0.15) is 18.4 Å². The van der Waals surface area contributed by atoms with Crippen LogP contribution < -0.4 is 9.47 Å². The Morgan fingerprint density at radius 3 is 2.54 bits per heavy atom. The number of hydrogen-bond acceptors (Lipinski definition) is 6. The van der Waals surface area contributed by atoms with Crippen molar-refractivity contribution in [2.45, 2.75) is 31.2 Å². The first kappa shape index (κ1) is 16.8. The van der Waals surface area contributed by atoms with Gasteiger partial charge in [0.05, 0.1) is 44.2 Å². The molecule has 1 aliphatic heterocycles. The van der Waals surface area contributed by atoms with Crippen LogP contribution in [-0.2, 0) is 14.3 Å². The molecule has 0 saturated heterocycles. The number of methoxy groups -OCH3 is 3. The SMILES string of the molecule is COc1ccc(C2=COC3CC(O)CC(OC)C3C2=O)cc1OC. The summed E-state index contributed by atoms with van der Waals surface area (Å²) in [6, 6.07) is 5.31. The normalized spacial score (nSPS) is 29.3. The molecule has 24 heavy (non-hydrogen) atoms. The molecule has 6 heteroatoms. The Labute approximate surface area is 141 Å². The number of Topliss-reactive ketones (excluding diaryl/α,β-unsaturated/α-hetero) is 1. The van der Waals surface area contributed by atoms with E-state index in [0.717, 1.165) is 0 Å². The molecule has 1 saturated carbocycles. The van der Waals surface area contributed by atoms with Crippen LogP contribution >= 0.6 is 0 Å². The summed E-state index contributed by atoms with van der Waals surface area (Å²) < 4.78 is 21.7. The zero-order valence-electron chi connectivity index (χ0n) is 14.0. The fraction of sp³-hybridized carbons (Fsp3) is 0.500. The number of ether oxygens (including phenoxy) is 4. The number of aliphatic hydroxyl groups excluding tert-OH is 1. The summed E-state index contributed by atoms with van der Waals surface area (Å²) >= 11 is 0. The lowest BCUT2D eigenvalue weighted by atomic mass is 9.76. The number of rotatable bonds is 4. The molecule has 1 aromatic carbocycles. The molecule has 4 unspecified atom stereocenters. The number of ketones is 1. The van der Waals surface area contributed by atoms with Gasteiger partial charge in [0.2, 0.25) is 0 Å². The molecule has 4 atom stereocenters. The highest BCUT2D eigenvalue weighted by Crippen LogP contribution is 2.39. The second kappa shape index (κ2) is 6.83. The van der Waals surface area contributed by atoms with E-state index in [1.165, 1.54) is 6.26 Å². The van der Waals surface area contributed by atoms with Crippen LogP contribution in [0.5, 0.6) is 11.5 Å². The van der Waals surface area contributed by atoms with Gasteiger partial charge >= 0.3 is 0 Å². The molecule has 1 aromatic rings. The molecule has 6 nitrogen and oxygen atoms in total. The van der Waals surface area contributed by atoms with Crippen molar-refractivity contribution in [2.24, 2.45) is 5.92 Å². The van der Waals surface area contributed by atoms with Gasteiger partial charge in [0.25, 0.3) is 0 Å². The number of carbonyl (C=O) groups is 1. The summed E-state index contributed by atoms with van der Waals surface area (Å²) in [4.78, 5) is 13.0. The highest BCUT2D eigenvalue weighted by atomic mass is 16.5. The van der Waals surface area contributed by atoms with Gasteiger partial charge in [0.15, 0.2) is 17.3 Å². The van der Waals surface area contributed by atoms with E-state index < -0.39 is 12.0 Å². The lowest BCUT2D eigenvalue weighted by molar-refractivity contribution is -0.140. The average molecular weight is 334 g/mol. The third kappa shape index (κ3) is 2.87. The second-order valence-electron chi connectivity index (χ2n) is 6.07. The van der Waals surface area contributed by atoms with Crippen molar-refractivity contribution in [1.29, 1.82) is 0 Å². The standard InChI is InChI=1S/C18H22O6/c1-21-13-5-4-10(6-14(13)22-2)12-9-24-16-8-11(19)7-15(23-3)17(16)18(12)20/h4-6,9,11,15-17,19H,7-8H2,1-3H3. The number of benzene rings is 1. The van der Waals surface area contributed by atoms with Gasteiger partial charge in [-0.1, -0.05) is 6.07 Å². The van der Waals surface area contributed by atoms with Gasteiger partial charge in [-0.25, -0.2) is 0 Å². The van der Waals surface area contributed by atoms with Gasteiger partial charge in [-0.15, -0.1) is 0 Å². The van der Waals surface area contributed by atoms with Gasteiger partial charge in [-0.3, -0.25) is 4.79 Å². The lowest BCUT2D eigenvalue weighted by Gasteiger charge is -2.40. The molecule has 1 fully saturated rings. The summed E-state index contributed by atoms with van der Waals surface area (Å²) in [6.45, 7) is 0. The molecule has 130 valence electrons. The maximum absolute atomic E-state index is 13.0. The van der Waals surface area contributed by atoms with E-state index in [2.05, 4.69) is 0 Å². The Bertz CT molecular complexity index is 653. The largest absolute Gasteiger partial charge is 0.496 e. The monoisotopic (exact) mass is 334 g/mol. The minimum atomic E-state index is -0.514. The summed E-state index contributed by atoms with van der Waals surface area (Å²) in [7, 11) is 4.67. The van der Waals surface area contributed by atoms with Crippen molar-refractivity contribution in [3.8, 4) is 11.5 Å². The third-order valence-electron chi connectivity index (χ3n) is 4.74. The quantitative estimate of drug-likeness (QED) is 0.905. The highest BCUT2D eigenvalue weighted by molar-refractivity contribution is 6.22. The van der Waals surface area contributed by atoms with Crippen molar-refractivity contribution in [3.63, 3.8) is 0 Å². The predicted octanol–water partition coefficient (Wildman–Crippen LogP) is 1.80. The van der Waals surface area contributed by atoms with E-state index in [0.29, 0.717) is 35.5 Å². The molecule has 0 radical (unpaired) electrons. The van der Waals surface area contributed by atoms with Gasteiger partial charge in [-0.05, 0) is 17.7 Å². The first-order valence-electron chi connectivity index (χ1n) is 7.92. The van der Waals surface area contributed by atoms with Crippen molar-refractivity contribution in [2.75, 3.05) is 21.3 Å². The molecule has 3 rings (SSSR count). The van der Waals surface area contributed by atoms with Crippen LogP contribution in [0, 0.1) is 5.92 Å². The van der Waals surface area contributed by atoms with Gasteiger partial charge in [0.1, 0.15) is 6.10 Å². The Balaban J connectivity index is 1.94. The van der Waals surface area contributed by atoms with Crippen LogP contribution in [0.15, 0.2) is 24.5 Å².